The number of nitrogens with zero attached hydrogens (tertiary/aromatic N) is 1. The summed E-state index contributed by atoms with van der Waals surface area (Å²) in [5.74, 6) is 0.700. The van der Waals surface area contributed by atoms with Gasteiger partial charge in [-0.1, -0.05) is 47.1 Å². The highest BCUT2D eigenvalue weighted by Crippen LogP contribution is 2.23. The molecule has 0 spiro atoms. The van der Waals surface area contributed by atoms with Crippen molar-refractivity contribution >= 4 is 23.4 Å². The van der Waals surface area contributed by atoms with E-state index in [1.807, 2.05) is 18.2 Å². The first-order chi connectivity index (χ1) is 14.1. The molecule has 3 aromatic carbocycles. The lowest BCUT2D eigenvalue weighted by Crippen LogP contribution is -2.15. The number of ether oxygens (including phenoxy) is 2. The summed E-state index contributed by atoms with van der Waals surface area (Å²) in [6, 6.07) is 20.9. The quantitative estimate of drug-likeness (QED) is 0.270. The monoisotopic (exact) mass is 410 g/mol. The lowest BCUT2D eigenvalue weighted by Gasteiger charge is -2.11. The van der Waals surface area contributed by atoms with E-state index >= 15 is 0 Å². The van der Waals surface area contributed by atoms with Crippen molar-refractivity contribution in [1.82, 2.24) is 0 Å². The maximum absolute atomic E-state index is 12.4. The summed E-state index contributed by atoms with van der Waals surface area (Å²) in [5, 5.41) is 4.34. The number of carbonyl (C=O) groups excluding carboxylic acids is 1. The summed E-state index contributed by atoms with van der Waals surface area (Å²) in [6.45, 7) is 0.196. The number of hydrogen-bond acceptors (Lipinski definition) is 5. The maximum Gasteiger partial charge on any atom is 0.365 e. The topological polar surface area (TPSA) is 83.1 Å². The highest BCUT2D eigenvalue weighted by Gasteiger charge is 2.13. The third-order valence-electron chi connectivity index (χ3n) is 4.02. The molecule has 0 aliphatic rings. The molecule has 0 aliphatic heterocycles. The molecule has 0 aromatic heterocycles. The van der Waals surface area contributed by atoms with E-state index in [1.165, 1.54) is 0 Å². The predicted molar refractivity (Wildman–Crippen MR) is 111 cm³/mol. The smallest absolute Gasteiger partial charge is 0.365 e. The molecule has 7 heteroatoms. The molecule has 3 aromatic rings. The number of oxime groups is 1. The highest BCUT2D eigenvalue weighted by molar-refractivity contribution is 6.30. The van der Waals surface area contributed by atoms with E-state index in [-0.39, 0.29) is 12.4 Å². The van der Waals surface area contributed by atoms with Gasteiger partial charge in [0.2, 0.25) is 0 Å². The van der Waals surface area contributed by atoms with Crippen LogP contribution >= 0.6 is 11.6 Å². The minimum Gasteiger partial charge on any atom is -0.496 e. The first-order valence-corrected chi connectivity index (χ1v) is 9.10. The summed E-state index contributed by atoms with van der Waals surface area (Å²) < 4.78 is 11.1. The summed E-state index contributed by atoms with van der Waals surface area (Å²) >= 11 is 5.88. The van der Waals surface area contributed by atoms with Gasteiger partial charge in [0.25, 0.3) is 0 Å². The van der Waals surface area contributed by atoms with Crippen molar-refractivity contribution in [3.8, 4) is 11.5 Å². The van der Waals surface area contributed by atoms with Crippen LogP contribution in [0.3, 0.4) is 0 Å². The summed E-state index contributed by atoms with van der Waals surface area (Å²) in [7, 11) is 1.55. The third kappa shape index (κ3) is 5.49. The van der Waals surface area contributed by atoms with Gasteiger partial charge in [-0.3, -0.25) is 0 Å². The van der Waals surface area contributed by atoms with E-state index in [0.717, 1.165) is 0 Å². The Labute approximate surface area is 173 Å². The van der Waals surface area contributed by atoms with E-state index in [4.69, 9.17) is 31.6 Å². The molecule has 6 nitrogen and oxygen atoms in total. The van der Waals surface area contributed by atoms with Crippen LogP contribution < -0.4 is 15.2 Å². The zero-order valence-corrected chi connectivity index (χ0v) is 16.4. The Balaban J connectivity index is 1.71. The fourth-order valence-electron chi connectivity index (χ4n) is 2.52. The molecule has 0 bridgehead atoms. The van der Waals surface area contributed by atoms with Gasteiger partial charge >= 0.3 is 5.97 Å². The van der Waals surface area contributed by atoms with Gasteiger partial charge in [0.1, 0.15) is 18.1 Å². The van der Waals surface area contributed by atoms with Crippen LogP contribution in [0.2, 0.25) is 5.02 Å². The van der Waals surface area contributed by atoms with E-state index < -0.39 is 5.97 Å². The fourth-order valence-corrected chi connectivity index (χ4v) is 2.64. The van der Waals surface area contributed by atoms with Crippen molar-refractivity contribution in [3.63, 3.8) is 0 Å². The van der Waals surface area contributed by atoms with Crippen molar-refractivity contribution in [3.05, 3.63) is 94.5 Å². The third-order valence-corrected chi connectivity index (χ3v) is 4.27. The Kier molecular flexibility index (Phi) is 6.71. The molecule has 0 aliphatic carbocycles. The van der Waals surface area contributed by atoms with Gasteiger partial charge in [0.15, 0.2) is 5.84 Å². The van der Waals surface area contributed by atoms with Crippen LogP contribution in [0.15, 0.2) is 78.0 Å². The average Bonchev–Trinajstić information content (AvgIpc) is 2.77. The van der Waals surface area contributed by atoms with Crippen molar-refractivity contribution in [2.75, 3.05) is 7.11 Å². The number of halogens is 1. The summed E-state index contributed by atoms with van der Waals surface area (Å²) in [6.07, 6.45) is 0. The Hall–Kier alpha value is -3.51. The molecular weight excluding hydrogens is 392 g/mol. The van der Waals surface area contributed by atoms with Crippen LogP contribution in [0.4, 0.5) is 0 Å². The Bertz CT molecular complexity index is 1010. The van der Waals surface area contributed by atoms with Crippen LogP contribution in [-0.2, 0) is 11.4 Å². The SMILES string of the molecule is COc1ccc(C(=O)O/N=C(\N)c2ccccc2)cc1COc1ccc(Cl)cc1. The first kappa shape index (κ1) is 20.2. The van der Waals surface area contributed by atoms with Gasteiger partial charge in [0, 0.05) is 16.1 Å². The van der Waals surface area contributed by atoms with Crippen molar-refractivity contribution in [2.45, 2.75) is 6.61 Å². The number of nitrogens with two attached hydrogens (primary N) is 1. The average molecular weight is 411 g/mol. The fraction of sp³-hybridized carbons (Fsp3) is 0.0909. The van der Waals surface area contributed by atoms with E-state index in [0.29, 0.717) is 33.2 Å². The molecule has 0 heterocycles. The van der Waals surface area contributed by atoms with Crippen molar-refractivity contribution in [1.29, 1.82) is 0 Å². The van der Waals surface area contributed by atoms with Gasteiger partial charge in [-0.25, -0.2) is 4.79 Å². The molecule has 0 atom stereocenters. The summed E-state index contributed by atoms with van der Waals surface area (Å²) in [4.78, 5) is 17.3. The standard InChI is InChI=1S/C22H19ClN2O4/c1-27-20-12-7-16(13-17(20)14-28-19-10-8-18(23)9-11-19)22(26)29-25-21(24)15-5-3-2-4-6-15/h2-13H,14H2,1H3,(H2,24,25). The largest absolute Gasteiger partial charge is 0.496 e. The Morgan fingerprint density at radius 3 is 2.41 bits per heavy atom. The number of amidine groups is 1. The number of benzene rings is 3. The van der Waals surface area contributed by atoms with E-state index in [1.54, 1.807) is 61.7 Å². The summed E-state index contributed by atoms with van der Waals surface area (Å²) in [5.41, 5.74) is 7.48. The lowest BCUT2D eigenvalue weighted by atomic mass is 10.1. The van der Waals surface area contributed by atoms with Crippen molar-refractivity contribution < 1.29 is 19.1 Å². The molecule has 0 amide bonds. The Morgan fingerprint density at radius 2 is 1.72 bits per heavy atom. The zero-order valence-electron chi connectivity index (χ0n) is 15.7. The second kappa shape index (κ2) is 9.61. The number of methoxy groups -OCH3 is 1. The van der Waals surface area contributed by atoms with Gasteiger partial charge in [-0.15, -0.1) is 0 Å². The van der Waals surface area contributed by atoms with Crippen LogP contribution in [0.5, 0.6) is 11.5 Å². The molecule has 0 saturated heterocycles. The number of hydrogen-bond donors (Lipinski definition) is 1. The second-order valence-corrected chi connectivity index (χ2v) is 6.43. The zero-order chi connectivity index (χ0) is 20.6. The minimum atomic E-state index is -0.640. The molecule has 29 heavy (non-hydrogen) atoms. The van der Waals surface area contributed by atoms with Gasteiger partial charge < -0.3 is 20.0 Å². The maximum atomic E-state index is 12.4. The first-order valence-electron chi connectivity index (χ1n) is 8.72. The van der Waals surface area contributed by atoms with E-state index in [9.17, 15) is 4.79 Å². The number of rotatable bonds is 7. The molecule has 0 unspecified atom stereocenters. The minimum absolute atomic E-state index is 0.110. The normalized spacial score (nSPS) is 11.0. The van der Waals surface area contributed by atoms with Crippen LogP contribution in [0, 0.1) is 0 Å². The predicted octanol–water partition coefficient (Wildman–Crippen LogP) is 4.40. The van der Waals surface area contributed by atoms with Crippen LogP contribution in [0.25, 0.3) is 0 Å². The second-order valence-electron chi connectivity index (χ2n) is 5.99. The van der Waals surface area contributed by atoms with E-state index in [2.05, 4.69) is 5.16 Å². The molecule has 148 valence electrons. The Morgan fingerprint density at radius 1 is 1.00 bits per heavy atom. The molecule has 0 radical (unpaired) electrons. The number of carbonyl (C=O) groups is 1. The molecule has 3 rings (SSSR count). The van der Waals surface area contributed by atoms with Crippen LogP contribution in [-0.4, -0.2) is 18.9 Å². The van der Waals surface area contributed by atoms with Gasteiger partial charge in [-0.2, -0.15) is 0 Å². The molecule has 2 N–H and O–H groups in total. The molecule has 0 fully saturated rings. The van der Waals surface area contributed by atoms with Gasteiger partial charge in [0.05, 0.1) is 12.7 Å². The molecule has 0 saturated carbocycles. The highest BCUT2D eigenvalue weighted by atomic mass is 35.5. The lowest BCUT2D eigenvalue weighted by molar-refractivity contribution is 0.0516. The van der Waals surface area contributed by atoms with Crippen molar-refractivity contribution in [2.24, 2.45) is 10.9 Å². The van der Waals surface area contributed by atoms with Gasteiger partial charge in [-0.05, 0) is 42.5 Å². The molecular formula is C22H19ClN2O4. The van der Waals surface area contributed by atoms with Crippen LogP contribution in [0.1, 0.15) is 21.5 Å².